The molecule has 238 valence electrons. The van der Waals surface area contributed by atoms with Crippen molar-refractivity contribution in [2.75, 3.05) is 62.5 Å². The molecule has 0 spiro atoms. The standard InChI is InChI=1S/C35H47N3O5S/c1-2-3-4-5-6-8-24-42-35(40)43-27-38-32-26-29(15-13-28(32)14-16-34(38)39)41-23-9-7-18-36-19-21-37(22-20-36)31-11-10-12-33-30(31)17-25-44-33/h10-13,15,17,25-26H,2-9,14,16,18-24,27H2,1H3. The van der Waals surface area contributed by atoms with Gasteiger partial charge >= 0.3 is 6.16 Å². The zero-order valence-corrected chi connectivity index (χ0v) is 27.0. The van der Waals surface area contributed by atoms with Crippen LogP contribution in [0.1, 0.15) is 70.3 Å². The maximum absolute atomic E-state index is 12.7. The highest BCUT2D eigenvalue weighted by molar-refractivity contribution is 7.17. The summed E-state index contributed by atoms with van der Waals surface area (Å²) in [6.07, 6.45) is 9.06. The van der Waals surface area contributed by atoms with Gasteiger partial charge in [-0.15, -0.1) is 11.3 Å². The quantitative estimate of drug-likeness (QED) is 0.120. The smallest absolute Gasteiger partial charge is 0.494 e. The minimum Gasteiger partial charge on any atom is -0.494 e. The highest BCUT2D eigenvalue weighted by atomic mass is 32.1. The Morgan fingerprint density at radius 1 is 0.841 bits per heavy atom. The van der Waals surface area contributed by atoms with E-state index in [2.05, 4.69) is 46.4 Å². The molecule has 2 aromatic carbocycles. The molecule has 2 aliphatic rings. The first kappa shape index (κ1) is 32.1. The van der Waals surface area contributed by atoms with E-state index in [1.165, 1.54) is 39.9 Å². The van der Waals surface area contributed by atoms with Crippen LogP contribution < -0.4 is 14.5 Å². The average Bonchev–Trinajstić information content (AvgIpc) is 3.53. The lowest BCUT2D eigenvalue weighted by atomic mass is 10.0. The summed E-state index contributed by atoms with van der Waals surface area (Å²) in [6.45, 7) is 8.32. The highest BCUT2D eigenvalue weighted by Gasteiger charge is 2.26. The molecule has 8 nitrogen and oxygen atoms in total. The lowest BCUT2D eigenvalue weighted by Crippen LogP contribution is -2.46. The molecule has 5 rings (SSSR count). The number of hydrogen-bond donors (Lipinski definition) is 0. The van der Waals surface area contributed by atoms with Crippen molar-refractivity contribution in [1.82, 2.24) is 4.90 Å². The predicted octanol–water partition coefficient (Wildman–Crippen LogP) is 7.63. The molecule has 0 unspecified atom stereocenters. The van der Waals surface area contributed by atoms with E-state index in [0.717, 1.165) is 81.8 Å². The Labute approximate surface area is 265 Å². The molecule has 0 bridgehead atoms. The van der Waals surface area contributed by atoms with Gasteiger partial charge in [-0.1, -0.05) is 51.2 Å². The number of aryl methyl sites for hydroxylation is 1. The van der Waals surface area contributed by atoms with Crippen molar-refractivity contribution in [3.63, 3.8) is 0 Å². The predicted molar refractivity (Wildman–Crippen MR) is 178 cm³/mol. The maximum Gasteiger partial charge on any atom is 0.510 e. The second-order valence-corrected chi connectivity index (χ2v) is 12.7. The molecule has 0 N–H and O–H groups in total. The molecule has 9 heteroatoms. The average molecular weight is 622 g/mol. The van der Waals surface area contributed by atoms with Gasteiger partial charge in [0.2, 0.25) is 5.91 Å². The molecule has 3 aromatic rings. The summed E-state index contributed by atoms with van der Waals surface area (Å²) in [6, 6.07) is 14.7. The minimum absolute atomic E-state index is 0.0644. The molecule has 0 saturated carbocycles. The highest BCUT2D eigenvalue weighted by Crippen LogP contribution is 2.32. The van der Waals surface area contributed by atoms with Crippen LogP contribution >= 0.6 is 11.3 Å². The van der Waals surface area contributed by atoms with Crippen LogP contribution in [0.5, 0.6) is 5.75 Å². The molecule has 1 saturated heterocycles. The van der Waals surface area contributed by atoms with Crippen LogP contribution in [-0.4, -0.2) is 69.6 Å². The molecule has 0 radical (unpaired) electrons. The van der Waals surface area contributed by atoms with Crippen molar-refractivity contribution in [2.45, 2.75) is 71.1 Å². The summed E-state index contributed by atoms with van der Waals surface area (Å²) in [5, 5.41) is 3.55. The normalized spacial score (nSPS) is 15.4. The molecular weight excluding hydrogens is 574 g/mol. The maximum atomic E-state index is 12.7. The Morgan fingerprint density at radius 2 is 1.66 bits per heavy atom. The molecule has 1 fully saturated rings. The first-order valence-corrected chi connectivity index (χ1v) is 17.3. The monoisotopic (exact) mass is 621 g/mol. The molecule has 3 heterocycles. The fourth-order valence-electron chi connectivity index (χ4n) is 6.04. The number of rotatable bonds is 16. The minimum atomic E-state index is -0.730. The number of amides is 1. The number of benzene rings is 2. The van der Waals surface area contributed by atoms with Crippen molar-refractivity contribution in [1.29, 1.82) is 0 Å². The molecule has 0 aliphatic carbocycles. The van der Waals surface area contributed by atoms with E-state index in [9.17, 15) is 9.59 Å². The van der Waals surface area contributed by atoms with Crippen molar-refractivity contribution in [2.24, 2.45) is 0 Å². The molecule has 44 heavy (non-hydrogen) atoms. The zero-order valence-electron chi connectivity index (χ0n) is 26.1. The fraction of sp³-hybridized carbons (Fsp3) is 0.543. The summed E-state index contributed by atoms with van der Waals surface area (Å²) < 4.78 is 18.0. The number of unbranched alkanes of at least 4 members (excludes halogenated alkanes) is 6. The van der Waals surface area contributed by atoms with Gasteiger partial charge in [-0.3, -0.25) is 14.6 Å². The van der Waals surface area contributed by atoms with E-state index >= 15 is 0 Å². The van der Waals surface area contributed by atoms with Crippen LogP contribution in [0.15, 0.2) is 47.8 Å². The summed E-state index contributed by atoms with van der Waals surface area (Å²) in [4.78, 5) is 31.4. The SMILES string of the molecule is CCCCCCCCOC(=O)OCN1C(=O)CCc2ccc(OCCCCN3CCN(c4cccc5sccc45)CC3)cc21. The Balaban J connectivity index is 1.00. The third kappa shape index (κ3) is 8.88. The Bertz CT molecular complexity index is 1350. The van der Waals surface area contributed by atoms with E-state index < -0.39 is 6.16 Å². The van der Waals surface area contributed by atoms with Gasteiger partial charge in [-0.05, 0) is 67.4 Å². The van der Waals surface area contributed by atoms with E-state index in [-0.39, 0.29) is 12.6 Å². The van der Waals surface area contributed by atoms with Crippen LogP contribution in [0.4, 0.5) is 16.2 Å². The van der Waals surface area contributed by atoms with Crippen molar-refractivity contribution in [3.8, 4) is 5.75 Å². The van der Waals surface area contributed by atoms with Crippen LogP contribution in [-0.2, 0) is 20.7 Å². The van der Waals surface area contributed by atoms with E-state index in [1.807, 2.05) is 18.2 Å². The summed E-state index contributed by atoms with van der Waals surface area (Å²) in [5.41, 5.74) is 3.16. The number of carbonyl (C=O) groups excluding carboxylic acids is 2. The first-order valence-electron chi connectivity index (χ1n) is 16.4. The fourth-order valence-corrected chi connectivity index (χ4v) is 6.85. The summed E-state index contributed by atoms with van der Waals surface area (Å²) >= 11 is 1.81. The van der Waals surface area contributed by atoms with Gasteiger partial charge in [-0.25, -0.2) is 4.79 Å². The van der Waals surface area contributed by atoms with Gasteiger partial charge in [0.25, 0.3) is 0 Å². The van der Waals surface area contributed by atoms with Crippen LogP contribution in [0.25, 0.3) is 10.1 Å². The van der Waals surface area contributed by atoms with E-state index in [0.29, 0.717) is 26.1 Å². The lowest BCUT2D eigenvalue weighted by Gasteiger charge is -2.36. The number of fused-ring (bicyclic) bond motifs is 2. The second-order valence-electron chi connectivity index (χ2n) is 11.7. The van der Waals surface area contributed by atoms with Gasteiger partial charge in [0.05, 0.1) is 18.9 Å². The topological polar surface area (TPSA) is 71.5 Å². The summed E-state index contributed by atoms with van der Waals surface area (Å²) in [5.74, 6) is 0.663. The van der Waals surface area contributed by atoms with Crippen LogP contribution in [0.2, 0.25) is 0 Å². The molecular formula is C35H47N3O5S. The van der Waals surface area contributed by atoms with Gasteiger partial charge in [0.1, 0.15) is 5.75 Å². The second kappa shape index (κ2) is 16.7. The van der Waals surface area contributed by atoms with E-state index in [1.54, 1.807) is 11.3 Å². The zero-order chi connectivity index (χ0) is 30.6. The lowest BCUT2D eigenvalue weighted by molar-refractivity contribution is -0.119. The van der Waals surface area contributed by atoms with Crippen molar-refractivity contribution in [3.05, 3.63) is 53.4 Å². The molecule has 0 atom stereocenters. The van der Waals surface area contributed by atoms with Crippen molar-refractivity contribution >= 4 is 44.9 Å². The number of nitrogens with zero attached hydrogens (tertiary/aromatic N) is 3. The van der Waals surface area contributed by atoms with Gasteiger partial charge < -0.3 is 19.1 Å². The Hall–Kier alpha value is -3.30. The number of ether oxygens (including phenoxy) is 3. The molecule has 1 amide bonds. The largest absolute Gasteiger partial charge is 0.510 e. The van der Waals surface area contributed by atoms with Crippen LogP contribution in [0, 0.1) is 0 Å². The number of thiophene rings is 1. The number of carbonyl (C=O) groups is 2. The Morgan fingerprint density at radius 3 is 2.52 bits per heavy atom. The molecule has 2 aliphatic heterocycles. The Kier molecular flexibility index (Phi) is 12.2. The van der Waals surface area contributed by atoms with Crippen molar-refractivity contribution < 1.29 is 23.8 Å². The third-order valence-corrected chi connectivity index (χ3v) is 9.49. The van der Waals surface area contributed by atoms with Crippen LogP contribution in [0.3, 0.4) is 0 Å². The number of anilines is 2. The van der Waals surface area contributed by atoms with Gasteiger partial charge in [-0.2, -0.15) is 0 Å². The van der Waals surface area contributed by atoms with Gasteiger partial charge in [0.15, 0.2) is 6.73 Å². The first-order chi connectivity index (χ1) is 21.6. The van der Waals surface area contributed by atoms with E-state index in [4.69, 9.17) is 14.2 Å². The van der Waals surface area contributed by atoms with Gasteiger partial charge in [0, 0.05) is 54.4 Å². The third-order valence-electron chi connectivity index (χ3n) is 8.61. The number of hydrogen-bond acceptors (Lipinski definition) is 8. The number of piperazine rings is 1. The summed E-state index contributed by atoms with van der Waals surface area (Å²) in [7, 11) is 0. The molecule has 1 aromatic heterocycles.